The van der Waals surface area contributed by atoms with Gasteiger partial charge in [0, 0.05) is 18.1 Å². The molecule has 0 heterocycles. The molecule has 2 aliphatic carbocycles. The second-order valence-corrected chi connectivity index (χ2v) is 7.03. The van der Waals surface area contributed by atoms with Crippen molar-refractivity contribution in [2.75, 3.05) is 13.1 Å². The highest BCUT2D eigenvalue weighted by molar-refractivity contribution is 4.98. The van der Waals surface area contributed by atoms with Gasteiger partial charge in [0.15, 0.2) is 0 Å². The number of unbranched alkanes of at least 4 members (excludes halogenated alkanes) is 1. The Kier molecular flexibility index (Phi) is 5.70. The van der Waals surface area contributed by atoms with Crippen LogP contribution in [0, 0.1) is 11.8 Å². The van der Waals surface area contributed by atoms with Crippen LogP contribution in [0.2, 0.25) is 0 Å². The van der Waals surface area contributed by atoms with E-state index in [0.717, 1.165) is 36.5 Å². The molecule has 4 atom stereocenters. The minimum atomic E-state index is 0.723. The minimum absolute atomic E-state index is 0.723. The van der Waals surface area contributed by atoms with Gasteiger partial charge in [-0.05, 0) is 57.0 Å². The fourth-order valence-electron chi connectivity index (χ4n) is 4.19. The summed E-state index contributed by atoms with van der Waals surface area (Å²) in [7, 11) is 0. The quantitative estimate of drug-likeness (QED) is 0.756. The predicted octanol–water partition coefficient (Wildman–Crippen LogP) is 3.66. The van der Waals surface area contributed by atoms with E-state index in [-0.39, 0.29) is 0 Å². The number of nitrogens with zero attached hydrogens (tertiary/aromatic N) is 1. The molecule has 2 aliphatic rings. The van der Waals surface area contributed by atoms with Crippen molar-refractivity contribution in [2.24, 2.45) is 11.8 Å². The third-order valence-electron chi connectivity index (χ3n) is 5.06. The molecule has 19 heavy (non-hydrogen) atoms. The van der Waals surface area contributed by atoms with Gasteiger partial charge in [-0.1, -0.05) is 34.1 Å². The van der Waals surface area contributed by atoms with Gasteiger partial charge in [-0.3, -0.25) is 4.90 Å². The van der Waals surface area contributed by atoms with E-state index < -0.39 is 0 Å². The summed E-state index contributed by atoms with van der Waals surface area (Å²) in [6.07, 6.45) is 8.38. The summed E-state index contributed by atoms with van der Waals surface area (Å²) in [4.78, 5) is 2.88. The first kappa shape index (κ1) is 15.3. The van der Waals surface area contributed by atoms with Crippen molar-refractivity contribution in [3.8, 4) is 0 Å². The third-order valence-corrected chi connectivity index (χ3v) is 5.06. The Hall–Kier alpha value is -0.0800. The standard InChI is InChI=1S/C17H34N2/c1-5-7-10-19(15-8-9-15)17-14(4)11-13(3)12-16(17)18-6-2/h13-18H,5-12H2,1-4H3. The van der Waals surface area contributed by atoms with Gasteiger partial charge in [0.2, 0.25) is 0 Å². The van der Waals surface area contributed by atoms with Gasteiger partial charge in [0.25, 0.3) is 0 Å². The molecule has 0 aliphatic heterocycles. The highest BCUT2D eigenvalue weighted by Crippen LogP contribution is 2.38. The second kappa shape index (κ2) is 7.08. The summed E-state index contributed by atoms with van der Waals surface area (Å²) in [6.45, 7) is 11.9. The van der Waals surface area contributed by atoms with Crippen molar-refractivity contribution in [1.29, 1.82) is 0 Å². The van der Waals surface area contributed by atoms with Crippen LogP contribution in [0.1, 0.15) is 66.2 Å². The lowest BCUT2D eigenvalue weighted by Crippen LogP contribution is -2.57. The molecular formula is C17H34N2. The van der Waals surface area contributed by atoms with Crippen LogP contribution in [-0.4, -0.2) is 36.1 Å². The molecule has 2 heteroatoms. The van der Waals surface area contributed by atoms with Crippen LogP contribution in [0.15, 0.2) is 0 Å². The smallest absolute Gasteiger partial charge is 0.0278 e. The van der Waals surface area contributed by atoms with E-state index in [1.54, 1.807) is 0 Å². The van der Waals surface area contributed by atoms with Crippen LogP contribution in [0.3, 0.4) is 0 Å². The van der Waals surface area contributed by atoms with E-state index in [1.807, 2.05) is 0 Å². The average Bonchev–Trinajstić information content (AvgIpc) is 3.16. The first-order chi connectivity index (χ1) is 9.17. The van der Waals surface area contributed by atoms with Crippen molar-refractivity contribution in [3.05, 3.63) is 0 Å². The normalized spacial score (nSPS) is 35.8. The Morgan fingerprint density at radius 3 is 2.42 bits per heavy atom. The van der Waals surface area contributed by atoms with Gasteiger partial charge >= 0.3 is 0 Å². The molecule has 2 fully saturated rings. The highest BCUT2D eigenvalue weighted by atomic mass is 15.2. The first-order valence-electron chi connectivity index (χ1n) is 8.66. The van der Waals surface area contributed by atoms with Crippen molar-refractivity contribution < 1.29 is 0 Å². The van der Waals surface area contributed by atoms with Crippen molar-refractivity contribution in [2.45, 2.75) is 84.3 Å². The van der Waals surface area contributed by atoms with E-state index in [9.17, 15) is 0 Å². The van der Waals surface area contributed by atoms with E-state index in [1.165, 1.54) is 45.1 Å². The summed E-state index contributed by atoms with van der Waals surface area (Å²) < 4.78 is 0. The second-order valence-electron chi connectivity index (χ2n) is 7.03. The number of hydrogen-bond acceptors (Lipinski definition) is 2. The fraction of sp³-hybridized carbons (Fsp3) is 1.00. The summed E-state index contributed by atoms with van der Waals surface area (Å²) in [5, 5.41) is 3.79. The maximum absolute atomic E-state index is 3.79. The maximum Gasteiger partial charge on any atom is 0.0278 e. The molecule has 0 radical (unpaired) electrons. The van der Waals surface area contributed by atoms with Crippen molar-refractivity contribution in [1.82, 2.24) is 10.2 Å². The Bertz CT molecular complexity index is 262. The van der Waals surface area contributed by atoms with E-state index >= 15 is 0 Å². The van der Waals surface area contributed by atoms with Gasteiger partial charge in [0.05, 0.1) is 0 Å². The van der Waals surface area contributed by atoms with E-state index in [0.29, 0.717) is 0 Å². The Balaban J connectivity index is 2.06. The highest BCUT2D eigenvalue weighted by Gasteiger charge is 2.42. The zero-order valence-electron chi connectivity index (χ0n) is 13.5. The molecule has 0 aromatic heterocycles. The van der Waals surface area contributed by atoms with Crippen molar-refractivity contribution >= 4 is 0 Å². The number of hydrogen-bond donors (Lipinski definition) is 1. The molecule has 0 spiro atoms. The molecule has 112 valence electrons. The molecule has 2 nitrogen and oxygen atoms in total. The number of rotatable bonds is 7. The van der Waals surface area contributed by atoms with Crippen LogP contribution >= 0.6 is 0 Å². The summed E-state index contributed by atoms with van der Waals surface area (Å²) >= 11 is 0. The van der Waals surface area contributed by atoms with Crippen LogP contribution in [0.25, 0.3) is 0 Å². The fourth-order valence-corrected chi connectivity index (χ4v) is 4.19. The molecular weight excluding hydrogens is 232 g/mol. The van der Waals surface area contributed by atoms with Crippen LogP contribution in [0.5, 0.6) is 0 Å². The Labute approximate surface area is 120 Å². The average molecular weight is 266 g/mol. The van der Waals surface area contributed by atoms with Crippen molar-refractivity contribution in [3.63, 3.8) is 0 Å². The number of likely N-dealkylation sites (N-methyl/N-ethyl adjacent to an activating group) is 1. The molecule has 2 rings (SSSR count). The Morgan fingerprint density at radius 1 is 1.11 bits per heavy atom. The number of nitrogens with one attached hydrogen (secondary N) is 1. The topological polar surface area (TPSA) is 15.3 Å². The molecule has 2 saturated carbocycles. The minimum Gasteiger partial charge on any atom is -0.313 e. The van der Waals surface area contributed by atoms with Gasteiger partial charge < -0.3 is 5.32 Å². The molecule has 4 unspecified atom stereocenters. The molecule has 0 amide bonds. The molecule has 0 aromatic carbocycles. The van der Waals surface area contributed by atoms with Crippen LogP contribution in [-0.2, 0) is 0 Å². The van der Waals surface area contributed by atoms with E-state index in [2.05, 4.69) is 37.9 Å². The van der Waals surface area contributed by atoms with Gasteiger partial charge in [0.1, 0.15) is 0 Å². The van der Waals surface area contributed by atoms with E-state index in [4.69, 9.17) is 0 Å². The SMILES string of the molecule is CCCCN(C1CC1)C1C(C)CC(C)CC1NCC. The zero-order valence-corrected chi connectivity index (χ0v) is 13.5. The summed E-state index contributed by atoms with van der Waals surface area (Å²) in [5.74, 6) is 1.74. The zero-order chi connectivity index (χ0) is 13.8. The molecule has 0 saturated heterocycles. The summed E-state index contributed by atoms with van der Waals surface area (Å²) in [5.41, 5.74) is 0. The molecule has 0 bridgehead atoms. The maximum atomic E-state index is 3.79. The van der Waals surface area contributed by atoms with Gasteiger partial charge in [-0.15, -0.1) is 0 Å². The summed E-state index contributed by atoms with van der Waals surface area (Å²) in [6, 6.07) is 2.42. The lowest BCUT2D eigenvalue weighted by molar-refractivity contribution is 0.0546. The lowest BCUT2D eigenvalue weighted by atomic mass is 9.75. The lowest BCUT2D eigenvalue weighted by Gasteiger charge is -2.46. The Morgan fingerprint density at radius 2 is 1.84 bits per heavy atom. The first-order valence-corrected chi connectivity index (χ1v) is 8.66. The molecule has 0 aromatic rings. The molecule has 1 N–H and O–H groups in total. The predicted molar refractivity (Wildman–Crippen MR) is 83.5 cm³/mol. The van der Waals surface area contributed by atoms with Gasteiger partial charge in [-0.2, -0.15) is 0 Å². The van der Waals surface area contributed by atoms with Gasteiger partial charge in [-0.25, -0.2) is 0 Å². The third kappa shape index (κ3) is 3.95. The monoisotopic (exact) mass is 266 g/mol. The van der Waals surface area contributed by atoms with Crippen LogP contribution < -0.4 is 5.32 Å². The van der Waals surface area contributed by atoms with Crippen LogP contribution in [0.4, 0.5) is 0 Å². The largest absolute Gasteiger partial charge is 0.313 e.